The summed E-state index contributed by atoms with van der Waals surface area (Å²) < 4.78 is 19.6. The zero-order chi connectivity index (χ0) is 19.3. The van der Waals surface area contributed by atoms with Gasteiger partial charge in [0.05, 0.1) is 12.2 Å². The molecule has 2 atom stereocenters. The lowest BCUT2D eigenvalue weighted by Crippen LogP contribution is -2.35. The SMILES string of the molecule is CCOc1cc(Nc2nc(N[C@H](C)[C@H](C)N)c(F)cc2C(N)=O)ccn1. The van der Waals surface area contributed by atoms with E-state index in [-0.39, 0.29) is 29.3 Å². The number of nitrogens with two attached hydrogens (primary N) is 2. The van der Waals surface area contributed by atoms with Crippen molar-refractivity contribution in [2.45, 2.75) is 32.9 Å². The molecular formula is C17H23FN6O2. The average Bonchev–Trinajstić information content (AvgIpc) is 2.57. The number of aromatic nitrogens is 2. The van der Waals surface area contributed by atoms with Crippen LogP contribution in [0.3, 0.4) is 0 Å². The van der Waals surface area contributed by atoms with E-state index in [1.807, 2.05) is 6.92 Å². The van der Waals surface area contributed by atoms with Crippen molar-refractivity contribution in [2.75, 3.05) is 17.2 Å². The fourth-order valence-electron chi connectivity index (χ4n) is 2.07. The second kappa shape index (κ2) is 8.43. The van der Waals surface area contributed by atoms with E-state index >= 15 is 0 Å². The predicted molar refractivity (Wildman–Crippen MR) is 98.1 cm³/mol. The molecule has 0 fully saturated rings. The molecule has 140 valence electrons. The summed E-state index contributed by atoms with van der Waals surface area (Å²) >= 11 is 0. The third-order valence-corrected chi connectivity index (χ3v) is 3.68. The Bertz CT molecular complexity index is 784. The number of amides is 1. The van der Waals surface area contributed by atoms with Gasteiger partial charge in [0, 0.05) is 30.0 Å². The Morgan fingerprint density at radius 3 is 2.69 bits per heavy atom. The van der Waals surface area contributed by atoms with Crippen molar-refractivity contribution in [3.63, 3.8) is 0 Å². The first-order valence-corrected chi connectivity index (χ1v) is 8.20. The lowest BCUT2D eigenvalue weighted by Gasteiger charge is -2.20. The van der Waals surface area contributed by atoms with Crippen LogP contribution >= 0.6 is 0 Å². The lowest BCUT2D eigenvalue weighted by atomic mass is 10.2. The van der Waals surface area contributed by atoms with Gasteiger partial charge in [-0.05, 0) is 32.9 Å². The highest BCUT2D eigenvalue weighted by Crippen LogP contribution is 2.25. The number of hydrogen-bond donors (Lipinski definition) is 4. The van der Waals surface area contributed by atoms with E-state index < -0.39 is 11.7 Å². The highest BCUT2D eigenvalue weighted by atomic mass is 19.1. The van der Waals surface area contributed by atoms with Crippen molar-refractivity contribution < 1.29 is 13.9 Å². The number of nitrogens with one attached hydrogen (secondary N) is 2. The van der Waals surface area contributed by atoms with Crippen LogP contribution in [-0.2, 0) is 0 Å². The summed E-state index contributed by atoms with van der Waals surface area (Å²) in [6.45, 7) is 5.89. The third-order valence-electron chi connectivity index (χ3n) is 3.68. The number of hydrogen-bond acceptors (Lipinski definition) is 7. The van der Waals surface area contributed by atoms with Gasteiger partial charge in [-0.3, -0.25) is 4.79 Å². The Balaban J connectivity index is 2.38. The topological polar surface area (TPSA) is 128 Å². The summed E-state index contributed by atoms with van der Waals surface area (Å²) in [5.41, 5.74) is 11.6. The zero-order valence-electron chi connectivity index (χ0n) is 14.9. The third kappa shape index (κ3) is 4.79. The number of primary amides is 1. The molecule has 2 aromatic heterocycles. The average molecular weight is 362 g/mol. The maximum atomic E-state index is 14.3. The summed E-state index contributed by atoms with van der Waals surface area (Å²) in [5, 5.41) is 5.85. The van der Waals surface area contributed by atoms with E-state index in [9.17, 15) is 9.18 Å². The predicted octanol–water partition coefficient (Wildman–Crippen LogP) is 2.00. The number of pyridine rings is 2. The van der Waals surface area contributed by atoms with E-state index in [0.29, 0.717) is 18.2 Å². The van der Waals surface area contributed by atoms with Crippen LogP contribution in [0.5, 0.6) is 5.88 Å². The van der Waals surface area contributed by atoms with E-state index in [0.717, 1.165) is 6.07 Å². The van der Waals surface area contributed by atoms with Gasteiger partial charge in [-0.2, -0.15) is 0 Å². The quantitative estimate of drug-likeness (QED) is 0.565. The van der Waals surface area contributed by atoms with E-state index in [1.54, 1.807) is 26.0 Å². The number of rotatable bonds is 8. The van der Waals surface area contributed by atoms with Gasteiger partial charge in [-0.15, -0.1) is 0 Å². The molecule has 0 aliphatic rings. The molecule has 0 aromatic carbocycles. The molecular weight excluding hydrogens is 339 g/mol. The molecule has 9 heteroatoms. The summed E-state index contributed by atoms with van der Waals surface area (Å²) in [6.07, 6.45) is 1.54. The van der Waals surface area contributed by atoms with Crippen LogP contribution in [0.25, 0.3) is 0 Å². The summed E-state index contributed by atoms with van der Waals surface area (Å²) in [5.74, 6) is -0.996. The summed E-state index contributed by atoms with van der Waals surface area (Å²) in [7, 11) is 0. The molecule has 2 rings (SSSR count). The fraction of sp³-hybridized carbons (Fsp3) is 0.353. The fourth-order valence-corrected chi connectivity index (χ4v) is 2.07. The Kier molecular flexibility index (Phi) is 6.29. The maximum absolute atomic E-state index is 14.3. The number of ether oxygens (including phenoxy) is 1. The molecule has 26 heavy (non-hydrogen) atoms. The second-order valence-corrected chi connectivity index (χ2v) is 5.81. The molecule has 1 amide bonds. The lowest BCUT2D eigenvalue weighted by molar-refractivity contribution is 0.100. The number of halogens is 1. The van der Waals surface area contributed by atoms with Gasteiger partial charge in [0.15, 0.2) is 11.6 Å². The second-order valence-electron chi connectivity index (χ2n) is 5.81. The van der Waals surface area contributed by atoms with Gasteiger partial charge in [0.2, 0.25) is 5.88 Å². The summed E-state index contributed by atoms with van der Waals surface area (Å²) in [4.78, 5) is 19.9. The van der Waals surface area contributed by atoms with Crippen LogP contribution in [0.2, 0.25) is 0 Å². The number of nitrogens with zero attached hydrogens (tertiary/aromatic N) is 2. The molecule has 2 aromatic rings. The summed E-state index contributed by atoms with van der Waals surface area (Å²) in [6, 6.07) is 3.89. The molecule has 0 unspecified atom stereocenters. The van der Waals surface area contributed by atoms with Gasteiger partial charge < -0.3 is 26.8 Å². The zero-order valence-corrected chi connectivity index (χ0v) is 14.9. The molecule has 0 bridgehead atoms. The smallest absolute Gasteiger partial charge is 0.252 e. The van der Waals surface area contributed by atoms with Crippen LogP contribution in [0.1, 0.15) is 31.1 Å². The normalized spacial score (nSPS) is 13.0. The Hall–Kier alpha value is -2.94. The van der Waals surface area contributed by atoms with Crippen LogP contribution in [0.4, 0.5) is 21.7 Å². The van der Waals surface area contributed by atoms with Gasteiger partial charge >= 0.3 is 0 Å². The van der Waals surface area contributed by atoms with Gasteiger partial charge in [0.1, 0.15) is 5.82 Å². The molecule has 0 radical (unpaired) electrons. The highest BCUT2D eigenvalue weighted by molar-refractivity contribution is 5.98. The molecule has 8 nitrogen and oxygen atoms in total. The number of carbonyl (C=O) groups excluding carboxylic acids is 1. The van der Waals surface area contributed by atoms with Gasteiger partial charge in [-0.25, -0.2) is 14.4 Å². The largest absolute Gasteiger partial charge is 0.478 e. The molecule has 0 aliphatic carbocycles. The van der Waals surface area contributed by atoms with Crippen molar-refractivity contribution in [3.05, 3.63) is 35.8 Å². The minimum absolute atomic E-state index is 0.0265. The molecule has 0 spiro atoms. The van der Waals surface area contributed by atoms with Crippen molar-refractivity contribution in [1.82, 2.24) is 9.97 Å². The molecule has 6 N–H and O–H groups in total. The molecule has 2 heterocycles. The number of carbonyl (C=O) groups is 1. The van der Waals surface area contributed by atoms with Crippen molar-refractivity contribution >= 4 is 23.2 Å². The minimum Gasteiger partial charge on any atom is -0.478 e. The van der Waals surface area contributed by atoms with Gasteiger partial charge in [-0.1, -0.05) is 0 Å². The minimum atomic E-state index is -0.801. The highest BCUT2D eigenvalue weighted by Gasteiger charge is 2.18. The van der Waals surface area contributed by atoms with E-state index in [2.05, 4.69) is 20.6 Å². The first-order valence-electron chi connectivity index (χ1n) is 8.20. The Morgan fingerprint density at radius 1 is 1.35 bits per heavy atom. The van der Waals surface area contributed by atoms with Crippen molar-refractivity contribution in [2.24, 2.45) is 11.5 Å². The first kappa shape index (κ1) is 19.4. The maximum Gasteiger partial charge on any atom is 0.252 e. The van der Waals surface area contributed by atoms with Crippen molar-refractivity contribution in [3.8, 4) is 5.88 Å². The molecule has 0 aliphatic heterocycles. The monoisotopic (exact) mass is 362 g/mol. The van der Waals surface area contributed by atoms with Crippen LogP contribution in [-0.4, -0.2) is 34.6 Å². The van der Waals surface area contributed by atoms with E-state index in [4.69, 9.17) is 16.2 Å². The van der Waals surface area contributed by atoms with E-state index in [1.165, 1.54) is 6.20 Å². The Labute approximate surface area is 151 Å². The molecule has 0 saturated carbocycles. The number of anilines is 3. The first-order chi connectivity index (χ1) is 12.3. The van der Waals surface area contributed by atoms with Crippen LogP contribution in [0, 0.1) is 5.82 Å². The Morgan fingerprint density at radius 2 is 2.08 bits per heavy atom. The van der Waals surface area contributed by atoms with Crippen LogP contribution in [0.15, 0.2) is 24.4 Å². The van der Waals surface area contributed by atoms with Crippen molar-refractivity contribution in [1.29, 1.82) is 0 Å². The van der Waals surface area contributed by atoms with Gasteiger partial charge in [0.25, 0.3) is 5.91 Å². The van der Waals surface area contributed by atoms with Crippen LogP contribution < -0.4 is 26.8 Å². The standard InChI is InChI=1S/C17H23FN6O2/c1-4-26-14-7-11(5-6-21-14)23-16-12(15(20)25)8-13(18)17(24-16)22-10(3)9(2)19/h5-10H,4,19H2,1-3H3,(H2,20,25)(H2,21,22,23,24)/t9-,10+/m0/s1. The molecule has 0 saturated heterocycles.